The van der Waals surface area contributed by atoms with Gasteiger partial charge in [0.05, 0.1) is 6.04 Å². The van der Waals surface area contributed by atoms with Crippen LogP contribution >= 0.6 is 11.3 Å². The van der Waals surface area contributed by atoms with Crippen LogP contribution in [0.3, 0.4) is 0 Å². The Labute approximate surface area is 142 Å². The summed E-state index contributed by atoms with van der Waals surface area (Å²) in [5.74, 6) is -0.935. The number of carbonyl (C=O) groups excluding carboxylic acids is 2. The van der Waals surface area contributed by atoms with Gasteiger partial charge in [-0.25, -0.2) is 9.48 Å². The Balaban J connectivity index is 1.61. The molecule has 1 saturated heterocycles. The number of aryl methyl sites for hydroxylation is 1. The van der Waals surface area contributed by atoms with Crippen LogP contribution in [-0.2, 0) is 16.6 Å². The summed E-state index contributed by atoms with van der Waals surface area (Å²) in [6.45, 7) is 0.336. The maximum atomic E-state index is 12.4. The van der Waals surface area contributed by atoms with E-state index >= 15 is 0 Å². The van der Waals surface area contributed by atoms with Gasteiger partial charge in [0, 0.05) is 24.5 Å². The number of rotatable bonds is 4. The molecule has 1 fully saturated rings. The standard InChI is InChI=1S/C16H17N3O4S/c1-18-14(20)7-6-11(17-18)16(22)23-10-15(21)19-8-2-4-12(19)13-5-3-9-24-13/h3,5-7,9,12H,2,4,8,10H2,1H3. The van der Waals surface area contributed by atoms with Crippen molar-refractivity contribution in [3.63, 3.8) is 0 Å². The molecular formula is C16H17N3O4S. The van der Waals surface area contributed by atoms with E-state index in [0.717, 1.165) is 22.4 Å². The normalized spacial score (nSPS) is 17.0. The number of aromatic nitrogens is 2. The van der Waals surface area contributed by atoms with Crippen molar-refractivity contribution in [3.05, 3.63) is 50.6 Å². The first-order valence-electron chi connectivity index (χ1n) is 7.60. The van der Waals surface area contributed by atoms with Crippen LogP contribution in [0.25, 0.3) is 0 Å². The highest BCUT2D eigenvalue weighted by molar-refractivity contribution is 7.10. The molecule has 0 saturated carbocycles. The molecule has 1 aliphatic rings. The minimum atomic E-state index is -0.717. The van der Waals surface area contributed by atoms with Crippen LogP contribution in [0.5, 0.6) is 0 Å². The van der Waals surface area contributed by atoms with Gasteiger partial charge >= 0.3 is 5.97 Å². The van der Waals surface area contributed by atoms with Crippen LogP contribution in [0.15, 0.2) is 34.4 Å². The lowest BCUT2D eigenvalue weighted by Gasteiger charge is -2.23. The maximum absolute atomic E-state index is 12.4. The van der Waals surface area contributed by atoms with E-state index in [1.807, 2.05) is 17.5 Å². The number of nitrogens with zero attached hydrogens (tertiary/aromatic N) is 3. The minimum absolute atomic E-state index is 0.00105. The monoisotopic (exact) mass is 347 g/mol. The highest BCUT2D eigenvalue weighted by atomic mass is 32.1. The van der Waals surface area contributed by atoms with Gasteiger partial charge in [0.2, 0.25) is 0 Å². The summed E-state index contributed by atoms with van der Waals surface area (Å²) in [7, 11) is 1.44. The number of amides is 1. The molecule has 0 N–H and O–H groups in total. The molecule has 1 atom stereocenters. The van der Waals surface area contributed by atoms with Gasteiger partial charge in [-0.3, -0.25) is 9.59 Å². The van der Waals surface area contributed by atoms with Crippen LogP contribution in [0.4, 0.5) is 0 Å². The van der Waals surface area contributed by atoms with Crippen molar-refractivity contribution in [2.45, 2.75) is 18.9 Å². The highest BCUT2D eigenvalue weighted by Gasteiger charge is 2.31. The molecule has 0 bridgehead atoms. The molecule has 1 amide bonds. The van der Waals surface area contributed by atoms with E-state index in [2.05, 4.69) is 5.10 Å². The SMILES string of the molecule is Cn1nc(C(=O)OCC(=O)N2CCCC2c2cccs2)ccc1=O. The molecule has 3 rings (SSSR count). The van der Waals surface area contributed by atoms with Crippen molar-refractivity contribution < 1.29 is 14.3 Å². The largest absolute Gasteiger partial charge is 0.451 e. The molecule has 24 heavy (non-hydrogen) atoms. The molecule has 7 nitrogen and oxygen atoms in total. The molecule has 2 aromatic rings. The van der Waals surface area contributed by atoms with Crippen molar-refractivity contribution in [1.82, 2.24) is 14.7 Å². The molecule has 3 heterocycles. The zero-order valence-corrected chi connectivity index (χ0v) is 14.0. The fraction of sp³-hybridized carbons (Fsp3) is 0.375. The molecule has 1 unspecified atom stereocenters. The van der Waals surface area contributed by atoms with Crippen molar-refractivity contribution in [3.8, 4) is 0 Å². The van der Waals surface area contributed by atoms with Crippen molar-refractivity contribution in [1.29, 1.82) is 0 Å². The first-order valence-corrected chi connectivity index (χ1v) is 8.48. The minimum Gasteiger partial charge on any atom is -0.451 e. The quantitative estimate of drug-likeness (QED) is 0.780. The molecule has 0 aromatic carbocycles. The topological polar surface area (TPSA) is 81.5 Å². The van der Waals surface area contributed by atoms with Crippen molar-refractivity contribution in [2.75, 3.05) is 13.2 Å². The number of thiophene rings is 1. The predicted octanol–water partition coefficient (Wildman–Crippen LogP) is 1.36. The van der Waals surface area contributed by atoms with E-state index < -0.39 is 5.97 Å². The van der Waals surface area contributed by atoms with Crippen LogP contribution < -0.4 is 5.56 Å². The summed E-state index contributed by atoms with van der Waals surface area (Å²) < 4.78 is 6.11. The van der Waals surface area contributed by atoms with Crippen LogP contribution in [0.1, 0.15) is 34.2 Å². The predicted molar refractivity (Wildman–Crippen MR) is 87.8 cm³/mol. The maximum Gasteiger partial charge on any atom is 0.359 e. The Kier molecular flexibility index (Phi) is 4.75. The first kappa shape index (κ1) is 16.4. The molecule has 0 aliphatic carbocycles. The molecule has 8 heteroatoms. The Morgan fingerprint density at radius 2 is 2.21 bits per heavy atom. The Morgan fingerprint density at radius 1 is 1.38 bits per heavy atom. The van der Waals surface area contributed by atoms with Crippen LogP contribution in [0.2, 0.25) is 0 Å². The molecule has 0 spiro atoms. The average molecular weight is 347 g/mol. The van der Waals surface area contributed by atoms with Crippen molar-refractivity contribution in [2.24, 2.45) is 7.05 Å². The second kappa shape index (κ2) is 6.96. The number of esters is 1. The molecule has 0 radical (unpaired) electrons. The third-order valence-electron chi connectivity index (χ3n) is 3.94. The van der Waals surface area contributed by atoms with Gasteiger partial charge < -0.3 is 9.64 Å². The molecule has 2 aromatic heterocycles. The van der Waals surface area contributed by atoms with Gasteiger partial charge in [0.1, 0.15) is 0 Å². The zero-order chi connectivity index (χ0) is 17.1. The van der Waals surface area contributed by atoms with E-state index in [9.17, 15) is 14.4 Å². The second-order valence-corrected chi connectivity index (χ2v) is 6.50. The van der Waals surface area contributed by atoms with E-state index in [1.165, 1.54) is 19.2 Å². The van der Waals surface area contributed by atoms with Gasteiger partial charge in [-0.1, -0.05) is 6.07 Å². The molecular weight excluding hydrogens is 330 g/mol. The van der Waals surface area contributed by atoms with E-state index in [0.29, 0.717) is 6.54 Å². The van der Waals surface area contributed by atoms with Gasteiger partial charge in [-0.2, -0.15) is 5.10 Å². The Bertz CT molecular complexity index is 800. The lowest BCUT2D eigenvalue weighted by Crippen LogP contribution is -2.34. The third kappa shape index (κ3) is 3.38. The zero-order valence-electron chi connectivity index (χ0n) is 13.2. The van der Waals surface area contributed by atoms with Crippen LogP contribution in [-0.4, -0.2) is 39.7 Å². The lowest BCUT2D eigenvalue weighted by molar-refractivity contribution is -0.135. The summed E-state index contributed by atoms with van der Waals surface area (Å²) in [4.78, 5) is 38.5. The number of likely N-dealkylation sites (tertiary alicyclic amines) is 1. The van der Waals surface area contributed by atoms with Gasteiger partial charge in [-0.15, -0.1) is 11.3 Å². The number of hydrogen-bond acceptors (Lipinski definition) is 6. The number of ether oxygens (including phenoxy) is 1. The summed E-state index contributed by atoms with van der Waals surface area (Å²) in [5, 5.41) is 5.80. The summed E-state index contributed by atoms with van der Waals surface area (Å²) in [6.07, 6.45) is 1.85. The number of hydrogen-bond donors (Lipinski definition) is 0. The average Bonchev–Trinajstić information content (AvgIpc) is 3.25. The number of carbonyl (C=O) groups is 2. The van der Waals surface area contributed by atoms with E-state index in [1.54, 1.807) is 16.2 Å². The van der Waals surface area contributed by atoms with Gasteiger partial charge in [0.25, 0.3) is 11.5 Å². The Hall–Kier alpha value is -2.48. The van der Waals surface area contributed by atoms with Gasteiger partial charge in [0.15, 0.2) is 12.3 Å². The smallest absolute Gasteiger partial charge is 0.359 e. The summed E-state index contributed by atoms with van der Waals surface area (Å²) in [6, 6.07) is 6.57. The highest BCUT2D eigenvalue weighted by Crippen LogP contribution is 2.34. The summed E-state index contributed by atoms with van der Waals surface area (Å²) >= 11 is 1.62. The fourth-order valence-electron chi connectivity index (χ4n) is 2.74. The summed E-state index contributed by atoms with van der Waals surface area (Å²) in [5.41, 5.74) is -0.320. The van der Waals surface area contributed by atoms with E-state index in [-0.39, 0.29) is 29.8 Å². The van der Waals surface area contributed by atoms with Crippen molar-refractivity contribution >= 4 is 23.2 Å². The lowest BCUT2D eigenvalue weighted by atomic mass is 10.2. The third-order valence-corrected chi connectivity index (χ3v) is 4.91. The van der Waals surface area contributed by atoms with E-state index in [4.69, 9.17) is 4.74 Å². The van der Waals surface area contributed by atoms with Crippen LogP contribution in [0, 0.1) is 0 Å². The second-order valence-electron chi connectivity index (χ2n) is 5.52. The first-order chi connectivity index (χ1) is 11.6. The fourth-order valence-corrected chi connectivity index (χ4v) is 3.61. The van der Waals surface area contributed by atoms with Gasteiger partial charge in [-0.05, 0) is 30.4 Å². The molecule has 1 aliphatic heterocycles. The molecule has 126 valence electrons. The Morgan fingerprint density at radius 3 is 2.92 bits per heavy atom.